The van der Waals surface area contributed by atoms with Gasteiger partial charge in [-0.3, -0.25) is 14.9 Å². The van der Waals surface area contributed by atoms with Crippen LogP contribution in [-0.4, -0.2) is 25.8 Å². The second-order valence-corrected chi connectivity index (χ2v) is 6.90. The maximum Gasteiger partial charge on any atom is 0.269 e. The Bertz CT molecular complexity index is 879. The molecule has 25 heavy (non-hydrogen) atoms. The van der Waals surface area contributed by atoms with Crippen molar-refractivity contribution in [3.8, 4) is 0 Å². The van der Waals surface area contributed by atoms with Crippen molar-refractivity contribution >= 4 is 21.6 Å². The number of carbonyl (C=O) groups is 1. The summed E-state index contributed by atoms with van der Waals surface area (Å²) >= 11 is 0. The number of nitro benzene ring substituents is 1. The number of nitro groups is 1. The molecule has 9 heteroatoms. The summed E-state index contributed by atoms with van der Waals surface area (Å²) in [6.07, 6.45) is 0. The molecule has 0 radical (unpaired) electrons. The molecule has 2 N–H and O–H groups in total. The molecule has 0 unspecified atom stereocenters. The molecule has 0 atom stereocenters. The van der Waals surface area contributed by atoms with E-state index in [2.05, 4.69) is 10.0 Å². The van der Waals surface area contributed by atoms with Gasteiger partial charge in [-0.2, -0.15) is 0 Å². The van der Waals surface area contributed by atoms with Crippen molar-refractivity contribution in [2.24, 2.45) is 0 Å². The third kappa shape index (κ3) is 4.85. The maximum atomic E-state index is 12.1. The van der Waals surface area contributed by atoms with E-state index in [1.165, 1.54) is 36.4 Å². The van der Waals surface area contributed by atoms with E-state index in [1.54, 1.807) is 19.1 Å². The molecule has 2 rings (SSSR count). The number of sulfonamides is 1. The highest BCUT2D eigenvalue weighted by Crippen LogP contribution is 2.14. The molecule has 0 saturated carbocycles. The van der Waals surface area contributed by atoms with Gasteiger partial charge in [-0.05, 0) is 29.8 Å². The first kappa shape index (κ1) is 18.6. The number of amides is 1. The SMILES string of the molecule is CCNS(=O)(=O)c1ccc(C(=O)NCc2cccc([N+](=O)[O-])c2)cc1. The minimum absolute atomic E-state index is 0.0512. The first-order valence-corrected chi connectivity index (χ1v) is 8.93. The molecule has 1 amide bonds. The Morgan fingerprint density at radius 1 is 1.16 bits per heavy atom. The van der Waals surface area contributed by atoms with Crippen LogP contribution in [-0.2, 0) is 16.6 Å². The van der Waals surface area contributed by atoms with Crippen LogP contribution in [0.3, 0.4) is 0 Å². The van der Waals surface area contributed by atoms with E-state index >= 15 is 0 Å². The Labute approximate surface area is 145 Å². The molecule has 0 aliphatic carbocycles. The quantitative estimate of drug-likeness (QED) is 0.574. The van der Waals surface area contributed by atoms with Gasteiger partial charge in [0, 0.05) is 30.8 Å². The molecule has 0 saturated heterocycles. The minimum Gasteiger partial charge on any atom is -0.348 e. The van der Waals surface area contributed by atoms with E-state index in [9.17, 15) is 23.3 Å². The lowest BCUT2D eigenvalue weighted by molar-refractivity contribution is -0.384. The molecular formula is C16H17N3O5S. The average molecular weight is 363 g/mol. The summed E-state index contributed by atoms with van der Waals surface area (Å²) in [7, 11) is -3.57. The number of rotatable bonds is 7. The molecule has 0 aromatic heterocycles. The van der Waals surface area contributed by atoms with E-state index < -0.39 is 20.9 Å². The van der Waals surface area contributed by atoms with Crippen molar-refractivity contribution in [3.63, 3.8) is 0 Å². The fraction of sp³-hybridized carbons (Fsp3) is 0.188. The number of non-ortho nitro benzene ring substituents is 1. The van der Waals surface area contributed by atoms with Gasteiger partial charge in [-0.1, -0.05) is 19.1 Å². The fourth-order valence-corrected chi connectivity index (χ4v) is 3.16. The van der Waals surface area contributed by atoms with Gasteiger partial charge in [-0.25, -0.2) is 13.1 Å². The molecule has 0 heterocycles. The van der Waals surface area contributed by atoms with Crippen LogP contribution in [0.5, 0.6) is 0 Å². The van der Waals surface area contributed by atoms with Gasteiger partial charge in [0.2, 0.25) is 10.0 Å². The summed E-state index contributed by atoms with van der Waals surface area (Å²) in [5.74, 6) is -0.404. The zero-order valence-corrected chi connectivity index (χ0v) is 14.2. The summed E-state index contributed by atoms with van der Waals surface area (Å²) in [6.45, 7) is 2.07. The predicted octanol–water partition coefficient (Wildman–Crippen LogP) is 1.82. The molecule has 0 spiro atoms. The molecule has 0 aliphatic heterocycles. The number of carbonyl (C=O) groups excluding carboxylic acids is 1. The van der Waals surface area contributed by atoms with Gasteiger partial charge in [0.15, 0.2) is 0 Å². The number of hydrogen-bond acceptors (Lipinski definition) is 5. The monoisotopic (exact) mass is 363 g/mol. The lowest BCUT2D eigenvalue weighted by atomic mass is 10.2. The Hall–Kier alpha value is -2.78. The van der Waals surface area contributed by atoms with Crippen molar-refractivity contribution < 1.29 is 18.1 Å². The molecule has 0 fully saturated rings. The standard InChI is InChI=1S/C16H17N3O5S/c1-2-18-25(23,24)15-8-6-13(7-9-15)16(20)17-11-12-4-3-5-14(10-12)19(21)22/h3-10,18H,2,11H2,1H3,(H,17,20). The Morgan fingerprint density at radius 2 is 1.84 bits per heavy atom. The van der Waals surface area contributed by atoms with Crippen molar-refractivity contribution in [1.82, 2.24) is 10.0 Å². The van der Waals surface area contributed by atoms with Crippen LogP contribution in [0.2, 0.25) is 0 Å². The second kappa shape index (κ2) is 7.86. The third-order valence-electron chi connectivity index (χ3n) is 3.34. The molecule has 8 nitrogen and oxygen atoms in total. The summed E-state index contributed by atoms with van der Waals surface area (Å²) in [4.78, 5) is 22.4. The summed E-state index contributed by atoms with van der Waals surface area (Å²) in [6, 6.07) is 11.5. The van der Waals surface area contributed by atoms with E-state index in [4.69, 9.17) is 0 Å². The van der Waals surface area contributed by atoms with Crippen LogP contribution >= 0.6 is 0 Å². The summed E-state index contributed by atoms with van der Waals surface area (Å²) in [5, 5.41) is 13.4. The number of benzene rings is 2. The largest absolute Gasteiger partial charge is 0.348 e. The molecular weight excluding hydrogens is 346 g/mol. The lowest BCUT2D eigenvalue weighted by Gasteiger charge is -2.07. The minimum atomic E-state index is -3.57. The maximum absolute atomic E-state index is 12.1. The molecule has 0 aliphatic rings. The Morgan fingerprint density at radius 3 is 2.44 bits per heavy atom. The van der Waals surface area contributed by atoms with Crippen LogP contribution in [0.25, 0.3) is 0 Å². The highest BCUT2D eigenvalue weighted by Gasteiger charge is 2.14. The highest BCUT2D eigenvalue weighted by atomic mass is 32.2. The zero-order chi connectivity index (χ0) is 18.4. The average Bonchev–Trinajstić information content (AvgIpc) is 2.60. The number of hydrogen-bond donors (Lipinski definition) is 2. The van der Waals surface area contributed by atoms with Gasteiger partial charge in [0.05, 0.1) is 9.82 Å². The molecule has 132 valence electrons. The topological polar surface area (TPSA) is 118 Å². The fourth-order valence-electron chi connectivity index (χ4n) is 2.12. The lowest BCUT2D eigenvalue weighted by Crippen LogP contribution is -2.24. The second-order valence-electron chi connectivity index (χ2n) is 5.14. The number of nitrogens with zero attached hydrogens (tertiary/aromatic N) is 1. The summed E-state index contributed by atoms with van der Waals surface area (Å²) < 4.78 is 26.1. The van der Waals surface area contributed by atoms with Gasteiger partial charge in [0.1, 0.15) is 0 Å². The molecule has 2 aromatic carbocycles. The van der Waals surface area contributed by atoms with Crippen molar-refractivity contribution in [2.75, 3.05) is 6.54 Å². The Kier molecular flexibility index (Phi) is 5.84. The van der Waals surface area contributed by atoms with Crippen LogP contribution in [0, 0.1) is 10.1 Å². The van der Waals surface area contributed by atoms with Crippen molar-refractivity contribution in [3.05, 3.63) is 69.8 Å². The molecule has 2 aromatic rings. The number of nitrogens with one attached hydrogen (secondary N) is 2. The Balaban J connectivity index is 2.04. The van der Waals surface area contributed by atoms with Crippen molar-refractivity contribution in [1.29, 1.82) is 0 Å². The molecule has 0 bridgehead atoms. The smallest absolute Gasteiger partial charge is 0.269 e. The van der Waals surface area contributed by atoms with Crippen LogP contribution in [0.4, 0.5) is 5.69 Å². The van der Waals surface area contributed by atoms with Crippen LogP contribution < -0.4 is 10.0 Å². The summed E-state index contributed by atoms with van der Waals surface area (Å²) in [5.41, 5.74) is 0.833. The first-order valence-electron chi connectivity index (χ1n) is 7.44. The first-order chi connectivity index (χ1) is 11.8. The van der Waals surface area contributed by atoms with Gasteiger partial charge >= 0.3 is 0 Å². The highest BCUT2D eigenvalue weighted by molar-refractivity contribution is 7.89. The predicted molar refractivity (Wildman–Crippen MR) is 91.6 cm³/mol. The normalized spacial score (nSPS) is 11.1. The third-order valence-corrected chi connectivity index (χ3v) is 4.90. The zero-order valence-electron chi connectivity index (χ0n) is 13.4. The van der Waals surface area contributed by atoms with E-state index in [0.717, 1.165) is 0 Å². The van der Waals surface area contributed by atoms with E-state index in [0.29, 0.717) is 11.1 Å². The van der Waals surface area contributed by atoms with Gasteiger partial charge < -0.3 is 5.32 Å². The van der Waals surface area contributed by atoms with Crippen LogP contribution in [0.15, 0.2) is 53.4 Å². The van der Waals surface area contributed by atoms with Gasteiger partial charge in [0.25, 0.3) is 11.6 Å². The van der Waals surface area contributed by atoms with Crippen LogP contribution in [0.1, 0.15) is 22.8 Å². The van der Waals surface area contributed by atoms with Gasteiger partial charge in [-0.15, -0.1) is 0 Å². The van der Waals surface area contributed by atoms with Crippen molar-refractivity contribution in [2.45, 2.75) is 18.4 Å². The van der Waals surface area contributed by atoms with E-state index in [-0.39, 0.29) is 23.7 Å². The van der Waals surface area contributed by atoms with E-state index in [1.807, 2.05) is 0 Å².